The SMILES string of the molecule is CC(=O)Nc1ccc(C=O)cc1.COc1ccccc1C=O. The van der Waals surface area contributed by atoms with Crippen LogP contribution in [0.4, 0.5) is 5.69 Å². The Kier molecular flexibility index (Phi) is 7.05. The van der Waals surface area contributed by atoms with Crippen molar-refractivity contribution in [3.8, 4) is 5.75 Å². The molecule has 22 heavy (non-hydrogen) atoms. The van der Waals surface area contributed by atoms with Gasteiger partial charge in [0, 0.05) is 18.2 Å². The average Bonchev–Trinajstić information content (AvgIpc) is 2.55. The Bertz CT molecular complexity index is 635. The number of carbonyl (C=O) groups is 3. The van der Waals surface area contributed by atoms with Gasteiger partial charge in [-0.2, -0.15) is 0 Å². The predicted octanol–water partition coefficient (Wildman–Crippen LogP) is 2.97. The third-order valence-electron chi connectivity index (χ3n) is 2.63. The van der Waals surface area contributed by atoms with Crippen LogP contribution in [0.15, 0.2) is 48.5 Å². The van der Waals surface area contributed by atoms with Crippen LogP contribution < -0.4 is 10.1 Å². The molecular weight excluding hydrogens is 282 g/mol. The first-order chi connectivity index (χ1) is 10.6. The minimum Gasteiger partial charge on any atom is -0.496 e. The molecule has 0 saturated carbocycles. The highest BCUT2D eigenvalue weighted by atomic mass is 16.5. The van der Waals surface area contributed by atoms with Crippen LogP contribution in [-0.4, -0.2) is 25.6 Å². The molecule has 0 unspecified atom stereocenters. The first kappa shape index (κ1) is 17.1. The fraction of sp³-hybridized carbons (Fsp3) is 0.118. The van der Waals surface area contributed by atoms with E-state index < -0.39 is 0 Å². The van der Waals surface area contributed by atoms with Gasteiger partial charge in [0.2, 0.25) is 5.91 Å². The first-order valence-electron chi connectivity index (χ1n) is 6.51. The summed E-state index contributed by atoms with van der Waals surface area (Å²) in [7, 11) is 1.54. The largest absolute Gasteiger partial charge is 0.496 e. The lowest BCUT2D eigenvalue weighted by atomic mass is 10.2. The van der Waals surface area contributed by atoms with Crippen LogP contribution in [-0.2, 0) is 4.79 Å². The minimum atomic E-state index is -0.117. The van der Waals surface area contributed by atoms with Gasteiger partial charge in [0.05, 0.1) is 12.7 Å². The van der Waals surface area contributed by atoms with Crippen LogP contribution in [0.3, 0.4) is 0 Å². The summed E-state index contributed by atoms with van der Waals surface area (Å²) in [5.41, 5.74) is 1.89. The van der Waals surface area contributed by atoms with Crippen LogP contribution >= 0.6 is 0 Å². The van der Waals surface area contributed by atoms with E-state index in [1.165, 1.54) is 6.92 Å². The zero-order valence-electron chi connectivity index (χ0n) is 12.4. The number of hydrogen-bond acceptors (Lipinski definition) is 4. The van der Waals surface area contributed by atoms with Gasteiger partial charge in [0.15, 0.2) is 6.29 Å². The van der Waals surface area contributed by atoms with Crippen LogP contribution in [0, 0.1) is 0 Å². The third-order valence-corrected chi connectivity index (χ3v) is 2.63. The van der Waals surface area contributed by atoms with E-state index in [1.54, 1.807) is 49.6 Å². The maximum Gasteiger partial charge on any atom is 0.221 e. The predicted molar refractivity (Wildman–Crippen MR) is 84.5 cm³/mol. The molecule has 1 N–H and O–H groups in total. The Labute approximate surface area is 128 Å². The standard InChI is InChI=1S/C9H9NO2.C8H8O2/c1-7(12)10-9-4-2-8(6-11)3-5-9;1-10-8-5-3-2-4-7(8)6-9/h2-6H,1H3,(H,10,12);2-6H,1H3. The van der Waals surface area contributed by atoms with Crippen LogP contribution in [0.25, 0.3) is 0 Å². The van der Waals surface area contributed by atoms with Gasteiger partial charge in [-0.25, -0.2) is 0 Å². The Morgan fingerprint density at radius 2 is 1.64 bits per heavy atom. The van der Waals surface area contributed by atoms with Crippen molar-refractivity contribution >= 4 is 24.2 Å². The van der Waals surface area contributed by atoms with Crippen LogP contribution in [0.5, 0.6) is 5.75 Å². The van der Waals surface area contributed by atoms with Gasteiger partial charge < -0.3 is 10.1 Å². The number of aldehydes is 2. The van der Waals surface area contributed by atoms with Crippen molar-refractivity contribution in [3.05, 3.63) is 59.7 Å². The molecule has 0 radical (unpaired) electrons. The molecule has 5 nitrogen and oxygen atoms in total. The van der Waals surface area contributed by atoms with E-state index in [9.17, 15) is 14.4 Å². The van der Waals surface area contributed by atoms with Crippen molar-refractivity contribution in [2.24, 2.45) is 0 Å². The van der Waals surface area contributed by atoms with Crippen molar-refractivity contribution < 1.29 is 19.1 Å². The zero-order chi connectivity index (χ0) is 16.4. The summed E-state index contributed by atoms with van der Waals surface area (Å²) in [4.78, 5) is 31.1. The van der Waals surface area contributed by atoms with Gasteiger partial charge in [0.1, 0.15) is 12.0 Å². The molecule has 0 heterocycles. The molecule has 1 amide bonds. The lowest BCUT2D eigenvalue weighted by Gasteiger charge is -2.00. The molecular formula is C17H17NO4. The molecule has 0 saturated heterocycles. The summed E-state index contributed by atoms with van der Waals surface area (Å²) < 4.78 is 4.90. The van der Waals surface area contributed by atoms with Crippen molar-refractivity contribution in [2.75, 3.05) is 12.4 Å². The molecule has 2 aromatic rings. The first-order valence-corrected chi connectivity index (χ1v) is 6.51. The van der Waals surface area contributed by atoms with Crippen molar-refractivity contribution in [1.82, 2.24) is 0 Å². The average molecular weight is 299 g/mol. The number of nitrogens with one attached hydrogen (secondary N) is 1. The lowest BCUT2D eigenvalue weighted by Crippen LogP contribution is -2.05. The number of amides is 1. The highest BCUT2D eigenvalue weighted by Gasteiger charge is 1.96. The molecule has 0 aliphatic heterocycles. The number of anilines is 1. The van der Waals surface area contributed by atoms with E-state index in [-0.39, 0.29) is 5.91 Å². The maximum absolute atomic E-state index is 10.6. The fourth-order valence-electron chi connectivity index (χ4n) is 1.61. The zero-order valence-corrected chi connectivity index (χ0v) is 12.4. The second kappa shape index (κ2) is 9.07. The number of carbonyl (C=O) groups excluding carboxylic acids is 3. The molecule has 0 aliphatic rings. The second-order valence-electron chi connectivity index (χ2n) is 4.28. The summed E-state index contributed by atoms with van der Waals surface area (Å²) >= 11 is 0. The summed E-state index contributed by atoms with van der Waals surface area (Å²) in [5, 5.41) is 2.60. The van der Waals surface area contributed by atoms with Crippen molar-refractivity contribution in [2.45, 2.75) is 6.92 Å². The van der Waals surface area contributed by atoms with Gasteiger partial charge in [-0.1, -0.05) is 12.1 Å². The monoisotopic (exact) mass is 299 g/mol. The summed E-state index contributed by atoms with van der Waals surface area (Å²) in [5.74, 6) is 0.506. The maximum atomic E-state index is 10.6. The van der Waals surface area contributed by atoms with Crippen LogP contribution in [0.1, 0.15) is 27.6 Å². The number of benzene rings is 2. The summed E-state index contributed by atoms with van der Waals surface area (Å²) in [6.07, 6.45) is 1.54. The number of para-hydroxylation sites is 1. The van der Waals surface area contributed by atoms with Gasteiger partial charge in [-0.3, -0.25) is 14.4 Å². The molecule has 0 bridgehead atoms. The van der Waals surface area contributed by atoms with Crippen molar-refractivity contribution in [1.29, 1.82) is 0 Å². The van der Waals surface area contributed by atoms with Crippen molar-refractivity contribution in [3.63, 3.8) is 0 Å². The molecule has 2 aromatic carbocycles. The molecule has 0 aromatic heterocycles. The van der Waals surface area contributed by atoms with Gasteiger partial charge >= 0.3 is 0 Å². The van der Waals surface area contributed by atoms with E-state index in [0.29, 0.717) is 22.6 Å². The molecule has 0 atom stereocenters. The summed E-state index contributed by atoms with van der Waals surface area (Å²) in [6.45, 7) is 1.44. The van der Waals surface area contributed by atoms with Gasteiger partial charge in [-0.15, -0.1) is 0 Å². The lowest BCUT2D eigenvalue weighted by molar-refractivity contribution is -0.114. The van der Waals surface area contributed by atoms with E-state index >= 15 is 0 Å². The van der Waals surface area contributed by atoms with E-state index in [1.807, 2.05) is 6.07 Å². The van der Waals surface area contributed by atoms with E-state index in [2.05, 4.69) is 5.32 Å². The third kappa shape index (κ3) is 5.58. The molecule has 2 rings (SSSR count). The fourth-order valence-corrected chi connectivity index (χ4v) is 1.61. The Balaban J connectivity index is 0.000000224. The van der Waals surface area contributed by atoms with E-state index in [0.717, 1.165) is 12.6 Å². The normalized spacial score (nSPS) is 9.00. The van der Waals surface area contributed by atoms with Gasteiger partial charge in [-0.05, 0) is 36.4 Å². The Morgan fingerprint density at radius 3 is 2.09 bits per heavy atom. The highest BCUT2D eigenvalue weighted by molar-refractivity contribution is 5.89. The molecule has 0 aliphatic carbocycles. The molecule has 0 spiro atoms. The quantitative estimate of drug-likeness (QED) is 0.881. The second-order valence-corrected chi connectivity index (χ2v) is 4.28. The topological polar surface area (TPSA) is 72.5 Å². The Morgan fingerprint density at radius 1 is 1.00 bits per heavy atom. The van der Waals surface area contributed by atoms with Gasteiger partial charge in [0.25, 0.3) is 0 Å². The van der Waals surface area contributed by atoms with Crippen LogP contribution in [0.2, 0.25) is 0 Å². The summed E-state index contributed by atoms with van der Waals surface area (Å²) in [6, 6.07) is 13.8. The molecule has 0 fully saturated rings. The Hall–Kier alpha value is -2.95. The number of rotatable bonds is 4. The minimum absolute atomic E-state index is 0.117. The smallest absolute Gasteiger partial charge is 0.221 e. The number of methoxy groups -OCH3 is 1. The molecule has 5 heteroatoms. The van der Waals surface area contributed by atoms with E-state index in [4.69, 9.17) is 4.74 Å². The molecule has 114 valence electrons. The highest BCUT2D eigenvalue weighted by Crippen LogP contribution is 2.13. The number of ether oxygens (including phenoxy) is 1. The number of hydrogen-bond donors (Lipinski definition) is 1.